The first-order valence-electron chi connectivity index (χ1n) is 12.7. The zero-order valence-corrected chi connectivity index (χ0v) is 23.1. The number of hydrogen-bond donors (Lipinski definition) is 1. The van der Waals surface area contributed by atoms with Gasteiger partial charge in [0, 0.05) is 44.3 Å². The van der Waals surface area contributed by atoms with Crippen LogP contribution in [-0.4, -0.2) is 90.6 Å². The van der Waals surface area contributed by atoms with Gasteiger partial charge in [0.15, 0.2) is 11.5 Å². The fourth-order valence-corrected chi connectivity index (χ4v) is 4.47. The van der Waals surface area contributed by atoms with Gasteiger partial charge in [-0.25, -0.2) is 4.79 Å². The van der Waals surface area contributed by atoms with Gasteiger partial charge in [-0.05, 0) is 65.7 Å². The van der Waals surface area contributed by atoms with E-state index in [1.54, 1.807) is 58.1 Å². The zero-order chi connectivity index (χ0) is 27.8. The number of carboxylic acids is 1. The normalized spacial score (nSPS) is 17.9. The third kappa shape index (κ3) is 8.80. The van der Waals surface area contributed by atoms with Crippen molar-refractivity contribution in [3.63, 3.8) is 0 Å². The van der Waals surface area contributed by atoms with Crippen molar-refractivity contribution in [3.05, 3.63) is 23.8 Å². The number of carboxylic acid groups (broad SMARTS) is 1. The molecule has 1 N–H and O–H groups in total. The molecule has 1 aromatic rings. The number of ether oxygens (including phenoxy) is 4. The maximum absolute atomic E-state index is 13.8. The van der Waals surface area contributed by atoms with Crippen LogP contribution in [0.3, 0.4) is 0 Å². The van der Waals surface area contributed by atoms with Crippen LogP contribution in [-0.2, 0) is 14.3 Å². The van der Waals surface area contributed by atoms with Crippen molar-refractivity contribution >= 4 is 18.0 Å². The van der Waals surface area contributed by atoms with E-state index in [9.17, 15) is 19.5 Å². The molecule has 0 radical (unpaired) electrons. The van der Waals surface area contributed by atoms with Gasteiger partial charge in [-0.2, -0.15) is 0 Å². The van der Waals surface area contributed by atoms with Gasteiger partial charge in [-0.15, -0.1) is 0 Å². The number of carbonyl (C=O) groups is 3. The molecule has 0 aliphatic carbocycles. The number of rotatable bonds is 11. The minimum Gasteiger partial charge on any atom is -0.493 e. The fraction of sp³-hybridized carbons (Fsp3) is 0.667. The lowest BCUT2D eigenvalue weighted by molar-refractivity contribution is -0.138. The summed E-state index contributed by atoms with van der Waals surface area (Å²) in [6.45, 7) is 10.3. The first kappa shape index (κ1) is 30.2. The van der Waals surface area contributed by atoms with Gasteiger partial charge in [0.05, 0.1) is 26.2 Å². The Morgan fingerprint density at radius 3 is 2.38 bits per heavy atom. The second-order valence-electron chi connectivity index (χ2n) is 10.5. The van der Waals surface area contributed by atoms with Crippen LogP contribution in [0.2, 0.25) is 0 Å². The molecule has 0 unspecified atom stereocenters. The van der Waals surface area contributed by atoms with E-state index in [0.717, 1.165) is 0 Å². The highest BCUT2D eigenvalue weighted by atomic mass is 16.6. The average Bonchev–Trinajstić information content (AvgIpc) is 2.81. The second kappa shape index (κ2) is 13.5. The van der Waals surface area contributed by atoms with Crippen LogP contribution in [0.1, 0.15) is 70.7 Å². The van der Waals surface area contributed by atoms with Gasteiger partial charge in [-0.1, -0.05) is 0 Å². The Morgan fingerprint density at radius 1 is 1.11 bits per heavy atom. The van der Waals surface area contributed by atoms with Crippen LogP contribution in [0.25, 0.3) is 0 Å². The number of aliphatic carboxylic acids is 1. The third-order valence-electron chi connectivity index (χ3n) is 6.06. The summed E-state index contributed by atoms with van der Waals surface area (Å²) >= 11 is 0. The van der Waals surface area contributed by atoms with Crippen LogP contribution in [0.5, 0.6) is 11.5 Å². The van der Waals surface area contributed by atoms with Crippen molar-refractivity contribution in [2.45, 2.75) is 84.0 Å². The highest BCUT2D eigenvalue weighted by molar-refractivity contribution is 5.95. The van der Waals surface area contributed by atoms with E-state index in [4.69, 9.17) is 18.9 Å². The molecule has 0 bridgehead atoms. The van der Waals surface area contributed by atoms with E-state index in [0.29, 0.717) is 49.5 Å². The standard InChI is InChI=1S/C27H42N2O8/c1-18(2)29(25(32)19-9-12-22(35-7)23(15-19)36-14-8-13-34-6)21-11-10-20(16-24(30)31)28(17-21)26(33)37-27(3,4)5/h9,12,15,18,20-21H,8,10-11,13-14,16-17H2,1-7H3,(H,30,31)/t20-,21-/m1/s1. The van der Waals surface area contributed by atoms with E-state index in [-0.39, 0.29) is 31.0 Å². The summed E-state index contributed by atoms with van der Waals surface area (Å²) in [6.07, 6.45) is 0.955. The molecule has 2 amide bonds. The molecule has 1 aromatic carbocycles. The van der Waals surface area contributed by atoms with Crippen molar-refractivity contribution in [1.29, 1.82) is 0 Å². The molecule has 2 rings (SSSR count). The van der Waals surface area contributed by atoms with Gasteiger partial charge >= 0.3 is 12.1 Å². The smallest absolute Gasteiger partial charge is 0.410 e. The van der Waals surface area contributed by atoms with Crippen molar-refractivity contribution in [3.8, 4) is 11.5 Å². The van der Waals surface area contributed by atoms with E-state index in [1.165, 1.54) is 4.90 Å². The summed E-state index contributed by atoms with van der Waals surface area (Å²) in [6, 6.07) is 4.10. The Kier molecular flexibility index (Phi) is 11.0. The van der Waals surface area contributed by atoms with Crippen molar-refractivity contribution in [2.24, 2.45) is 0 Å². The lowest BCUT2D eigenvalue weighted by Crippen LogP contribution is -2.57. The highest BCUT2D eigenvalue weighted by Gasteiger charge is 2.39. The SMILES string of the molecule is COCCCOc1cc(C(=O)N(C(C)C)[C@@H]2CC[C@H](CC(=O)O)N(C(=O)OC(C)(C)C)C2)ccc1OC. The first-order valence-corrected chi connectivity index (χ1v) is 12.7. The summed E-state index contributed by atoms with van der Waals surface area (Å²) < 4.78 is 21.9. The van der Waals surface area contributed by atoms with Gasteiger partial charge in [0.2, 0.25) is 0 Å². The lowest BCUT2D eigenvalue weighted by atomic mass is 9.94. The van der Waals surface area contributed by atoms with E-state index >= 15 is 0 Å². The Labute approximate surface area is 219 Å². The molecule has 10 nitrogen and oxygen atoms in total. The minimum atomic E-state index is -0.981. The van der Waals surface area contributed by atoms with Gasteiger partial charge in [-0.3, -0.25) is 9.59 Å². The number of carbonyl (C=O) groups excluding carboxylic acids is 2. The molecule has 1 saturated heterocycles. The highest BCUT2D eigenvalue weighted by Crippen LogP contribution is 2.31. The lowest BCUT2D eigenvalue weighted by Gasteiger charge is -2.45. The van der Waals surface area contributed by atoms with Gasteiger partial charge in [0.1, 0.15) is 5.60 Å². The average molecular weight is 523 g/mol. The Bertz CT molecular complexity index is 927. The molecule has 208 valence electrons. The molecule has 1 fully saturated rings. The van der Waals surface area contributed by atoms with Crippen molar-refractivity contribution < 1.29 is 38.4 Å². The Hall–Kier alpha value is -3.01. The molecule has 10 heteroatoms. The largest absolute Gasteiger partial charge is 0.493 e. The molecule has 2 atom stereocenters. The van der Waals surface area contributed by atoms with Crippen LogP contribution in [0.15, 0.2) is 18.2 Å². The number of benzene rings is 1. The maximum Gasteiger partial charge on any atom is 0.410 e. The van der Waals surface area contributed by atoms with Crippen LogP contribution < -0.4 is 9.47 Å². The molecule has 0 aromatic heterocycles. The summed E-state index contributed by atoms with van der Waals surface area (Å²) in [5.74, 6) is -0.195. The molecule has 0 saturated carbocycles. The van der Waals surface area contributed by atoms with Gasteiger partial charge < -0.3 is 33.9 Å². The zero-order valence-electron chi connectivity index (χ0n) is 23.1. The predicted octanol–water partition coefficient (Wildman–Crippen LogP) is 4.20. The summed E-state index contributed by atoms with van der Waals surface area (Å²) in [4.78, 5) is 41.5. The third-order valence-corrected chi connectivity index (χ3v) is 6.06. The monoisotopic (exact) mass is 522 g/mol. The molecule has 0 spiro atoms. The summed E-state index contributed by atoms with van der Waals surface area (Å²) in [7, 11) is 3.17. The number of hydrogen-bond acceptors (Lipinski definition) is 7. The summed E-state index contributed by atoms with van der Waals surface area (Å²) in [5.41, 5.74) is -0.290. The van der Waals surface area contributed by atoms with Crippen LogP contribution in [0.4, 0.5) is 4.79 Å². The van der Waals surface area contributed by atoms with Gasteiger partial charge in [0.25, 0.3) is 5.91 Å². The Balaban J connectivity index is 2.30. The molecule has 1 aliphatic rings. The fourth-order valence-electron chi connectivity index (χ4n) is 4.47. The number of amides is 2. The number of nitrogens with zero attached hydrogens (tertiary/aromatic N) is 2. The molecule has 1 aliphatic heterocycles. The number of likely N-dealkylation sites (tertiary alicyclic amines) is 1. The van der Waals surface area contributed by atoms with Crippen LogP contribution >= 0.6 is 0 Å². The van der Waals surface area contributed by atoms with E-state index in [1.807, 2.05) is 13.8 Å². The quantitative estimate of drug-likeness (QED) is 0.430. The topological polar surface area (TPSA) is 115 Å². The molecule has 37 heavy (non-hydrogen) atoms. The summed E-state index contributed by atoms with van der Waals surface area (Å²) in [5, 5.41) is 9.39. The number of methoxy groups -OCH3 is 2. The van der Waals surface area contributed by atoms with E-state index in [2.05, 4.69) is 0 Å². The molecule has 1 heterocycles. The molecular formula is C27H42N2O8. The predicted molar refractivity (Wildman–Crippen MR) is 138 cm³/mol. The maximum atomic E-state index is 13.8. The minimum absolute atomic E-state index is 0.165. The second-order valence-corrected chi connectivity index (χ2v) is 10.5. The van der Waals surface area contributed by atoms with E-state index < -0.39 is 23.7 Å². The van der Waals surface area contributed by atoms with Crippen molar-refractivity contribution in [2.75, 3.05) is 34.0 Å². The molecular weight excluding hydrogens is 480 g/mol. The van der Waals surface area contributed by atoms with Crippen molar-refractivity contribution in [1.82, 2.24) is 9.80 Å². The number of piperidine rings is 1. The Morgan fingerprint density at radius 2 is 1.81 bits per heavy atom. The van der Waals surface area contributed by atoms with Crippen LogP contribution in [0, 0.1) is 0 Å². The first-order chi connectivity index (χ1) is 17.4.